The van der Waals surface area contributed by atoms with Crippen molar-refractivity contribution >= 4 is 42.8 Å². The van der Waals surface area contributed by atoms with Gasteiger partial charge in [0.05, 0.1) is 0 Å². The molecular formula is C35H40BrP. The standard InChI is InChI=1S/C35H40BrP/c1-2-3-4-5-6-7-8-12-21-31-22-19-20-23-32(31)30-37(36,33-24-13-9-14-25-33,34-26-15-10-16-27-34)35-28-17-11-18-29-35/h9-29H,2-8,30H2,1H3/b21-12+. The predicted molar refractivity (Wildman–Crippen MR) is 171 cm³/mol. The molecule has 0 heterocycles. The third-order valence-electron chi connectivity index (χ3n) is 7.43. The van der Waals surface area contributed by atoms with Crippen molar-refractivity contribution in [2.75, 3.05) is 0 Å². The van der Waals surface area contributed by atoms with Gasteiger partial charge in [0.1, 0.15) is 0 Å². The first-order chi connectivity index (χ1) is 18.2. The Kier molecular flexibility index (Phi) is 9.95. The van der Waals surface area contributed by atoms with Crippen LogP contribution in [0.3, 0.4) is 0 Å². The first-order valence-corrected chi connectivity index (χ1v) is 18.2. The summed E-state index contributed by atoms with van der Waals surface area (Å²) in [5.41, 5.74) is 2.71. The molecule has 0 nitrogen and oxygen atoms in total. The van der Waals surface area contributed by atoms with Gasteiger partial charge < -0.3 is 0 Å². The van der Waals surface area contributed by atoms with Crippen molar-refractivity contribution in [2.45, 2.75) is 58.0 Å². The van der Waals surface area contributed by atoms with E-state index in [-0.39, 0.29) is 0 Å². The van der Waals surface area contributed by atoms with E-state index >= 15 is 0 Å². The Bertz CT molecular complexity index is 1150. The van der Waals surface area contributed by atoms with Gasteiger partial charge in [0, 0.05) is 0 Å². The average molecular weight is 572 g/mol. The van der Waals surface area contributed by atoms with Crippen LogP contribution in [0.25, 0.3) is 6.08 Å². The molecule has 4 aromatic rings. The quantitative estimate of drug-likeness (QED) is 0.111. The molecule has 0 saturated carbocycles. The summed E-state index contributed by atoms with van der Waals surface area (Å²) in [7, 11) is 0. The van der Waals surface area contributed by atoms with Crippen molar-refractivity contribution < 1.29 is 0 Å². The third-order valence-corrected chi connectivity index (χ3v) is 16.9. The number of unbranched alkanes of at least 4 members (excludes halogenated alkanes) is 6. The van der Waals surface area contributed by atoms with Crippen LogP contribution >= 0.6 is 20.8 Å². The zero-order valence-corrected chi connectivity index (χ0v) is 24.6. The molecule has 0 N–H and O–H groups in total. The summed E-state index contributed by atoms with van der Waals surface area (Å²) in [6.45, 7) is 2.28. The van der Waals surface area contributed by atoms with Crippen LogP contribution in [0.4, 0.5) is 0 Å². The van der Waals surface area contributed by atoms with E-state index in [9.17, 15) is 0 Å². The van der Waals surface area contributed by atoms with Gasteiger partial charge in [-0.1, -0.05) is 6.92 Å². The van der Waals surface area contributed by atoms with Gasteiger partial charge in [-0.25, -0.2) is 0 Å². The second-order valence-electron chi connectivity index (χ2n) is 10.0. The molecule has 0 aromatic heterocycles. The minimum absolute atomic E-state index is 0.918. The van der Waals surface area contributed by atoms with E-state index < -0.39 is 5.31 Å². The van der Waals surface area contributed by atoms with E-state index in [0.717, 1.165) is 12.6 Å². The maximum absolute atomic E-state index is 4.62. The van der Waals surface area contributed by atoms with Gasteiger partial charge in [0.15, 0.2) is 0 Å². The van der Waals surface area contributed by atoms with Crippen LogP contribution in [-0.2, 0) is 6.16 Å². The van der Waals surface area contributed by atoms with Gasteiger partial charge in [-0.15, -0.1) is 0 Å². The summed E-state index contributed by atoms with van der Waals surface area (Å²) in [5, 5.41) is 1.06. The summed E-state index contributed by atoms with van der Waals surface area (Å²) >= 11 is 4.62. The topological polar surface area (TPSA) is 0 Å². The van der Waals surface area contributed by atoms with Crippen LogP contribution in [0.2, 0.25) is 0 Å². The van der Waals surface area contributed by atoms with E-state index in [4.69, 9.17) is 0 Å². The molecule has 4 rings (SSSR count). The Morgan fingerprint density at radius 3 is 1.57 bits per heavy atom. The SMILES string of the molecule is CCCCCCCC/C=C/c1ccccc1CP(Br)(c1ccccc1)(c1ccccc1)c1ccccc1. The number of allylic oxidation sites excluding steroid dienone is 1. The van der Waals surface area contributed by atoms with Crippen LogP contribution in [0.5, 0.6) is 0 Å². The minimum atomic E-state index is -3.01. The van der Waals surface area contributed by atoms with Gasteiger partial charge >= 0.3 is 226 Å². The second kappa shape index (κ2) is 13.4. The molecule has 0 fully saturated rings. The number of hydrogen-bond acceptors (Lipinski definition) is 0. The van der Waals surface area contributed by atoms with Crippen molar-refractivity contribution in [2.24, 2.45) is 0 Å². The average Bonchev–Trinajstić information content (AvgIpc) is 2.97. The van der Waals surface area contributed by atoms with Crippen LogP contribution in [-0.4, -0.2) is 0 Å². The first kappa shape index (κ1) is 27.6. The Morgan fingerprint density at radius 1 is 0.568 bits per heavy atom. The fraction of sp³-hybridized carbons (Fsp3) is 0.257. The molecule has 0 bridgehead atoms. The number of halogens is 1. The Morgan fingerprint density at radius 2 is 1.03 bits per heavy atom. The molecule has 192 valence electrons. The van der Waals surface area contributed by atoms with Crippen LogP contribution < -0.4 is 15.9 Å². The Balaban J connectivity index is 1.74. The zero-order chi connectivity index (χ0) is 25.8. The van der Waals surface area contributed by atoms with Crippen LogP contribution in [0.15, 0.2) is 121 Å². The van der Waals surface area contributed by atoms with Gasteiger partial charge in [-0.05, 0) is 0 Å². The summed E-state index contributed by atoms with van der Waals surface area (Å²) in [4.78, 5) is 0. The Hall–Kier alpha value is -2.47. The van der Waals surface area contributed by atoms with Crippen molar-refractivity contribution in [1.29, 1.82) is 0 Å². The van der Waals surface area contributed by atoms with E-state index in [1.807, 2.05) is 0 Å². The molecule has 37 heavy (non-hydrogen) atoms. The summed E-state index contributed by atoms with van der Waals surface area (Å²) < 4.78 is 0. The molecule has 0 aliphatic rings. The summed E-state index contributed by atoms with van der Waals surface area (Å²) in [5.74, 6) is 0. The van der Waals surface area contributed by atoms with E-state index in [1.54, 1.807) is 0 Å². The first-order valence-electron chi connectivity index (χ1n) is 13.8. The molecule has 0 aliphatic carbocycles. The molecule has 4 aromatic carbocycles. The number of rotatable bonds is 13. The molecule has 0 unspecified atom stereocenters. The van der Waals surface area contributed by atoms with E-state index in [0.29, 0.717) is 0 Å². The number of benzene rings is 4. The van der Waals surface area contributed by atoms with Gasteiger partial charge in [0.25, 0.3) is 0 Å². The molecule has 0 amide bonds. The molecule has 0 aliphatic heterocycles. The monoisotopic (exact) mass is 570 g/mol. The van der Waals surface area contributed by atoms with Crippen molar-refractivity contribution in [1.82, 2.24) is 0 Å². The van der Waals surface area contributed by atoms with Crippen molar-refractivity contribution in [3.8, 4) is 0 Å². The van der Waals surface area contributed by atoms with E-state index in [2.05, 4.69) is 150 Å². The second-order valence-corrected chi connectivity index (χ2v) is 18.9. The van der Waals surface area contributed by atoms with Crippen molar-refractivity contribution in [3.05, 3.63) is 132 Å². The van der Waals surface area contributed by atoms with Gasteiger partial charge in [-0.3, -0.25) is 0 Å². The number of hydrogen-bond donors (Lipinski definition) is 0. The normalized spacial score (nSPS) is 12.9. The summed E-state index contributed by atoms with van der Waals surface area (Å²) in [6, 6.07) is 42.2. The molecular weight excluding hydrogens is 531 g/mol. The molecule has 0 atom stereocenters. The molecule has 0 spiro atoms. The predicted octanol–water partition coefficient (Wildman–Crippen LogP) is 9.79. The Labute approximate surface area is 232 Å². The third kappa shape index (κ3) is 6.34. The molecule has 0 saturated heterocycles. The molecule has 2 heteroatoms. The van der Waals surface area contributed by atoms with Gasteiger partial charge in [0.2, 0.25) is 0 Å². The fourth-order valence-electron chi connectivity index (χ4n) is 5.35. The fourth-order valence-corrected chi connectivity index (χ4v) is 13.0. The maximum atomic E-state index is 4.62. The van der Waals surface area contributed by atoms with Crippen LogP contribution in [0.1, 0.15) is 63.0 Å². The summed E-state index contributed by atoms with van der Waals surface area (Å²) in [6.07, 6.45) is 14.8. The van der Waals surface area contributed by atoms with E-state index in [1.165, 1.54) is 65.6 Å². The van der Waals surface area contributed by atoms with Gasteiger partial charge in [-0.2, -0.15) is 0 Å². The zero-order valence-electron chi connectivity index (χ0n) is 22.1. The van der Waals surface area contributed by atoms with Crippen LogP contribution in [0, 0.1) is 0 Å². The van der Waals surface area contributed by atoms with Crippen molar-refractivity contribution in [3.63, 3.8) is 0 Å². The molecule has 0 radical (unpaired) electrons.